The summed E-state index contributed by atoms with van der Waals surface area (Å²) in [6.45, 7) is 4.36. The highest BCUT2D eigenvalue weighted by atomic mass is 35.5. The summed E-state index contributed by atoms with van der Waals surface area (Å²) in [5, 5.41) is 4.78. The van der Waals surface area contributed by atoms with E-state index in [1.807, 2.05) is 6.92 Å². The van der Waals surface area contributed by atoms with E-state index in [9.17, 15) is 13.6 Å². The van der Waals surface area contributed by atoms with E-state index in [0.29, 0.717) is 23.0 Å². The minimum atomic E-state index is -2.60. The lowest BCUT2D eigenvalue weighted by Crippen LogP contribution is -2.29. The van der Waals surface area contributed by atoms with Gasteiger partial charge in [-0.1, -0.05) is 11.6 Å². The van der Waals surface area contributed by atoms with Crippen LogP contribution in [0, 0.1) is 12.8 Å². The third-order valence-electron chi connectivity index (χ3n) is 3.97. The first-order chi connectivity index (χ1) is 9.34. The number of halogens is 3. The molecule has 2 rings (SSSR count). The summed E-state index contributed by atoms with van der Waals surface area (Å²) in [7, 11) is 0. The number of hydrogen-bond donors (Lipinski definition) is 0. The summed E-state index contributed by atoms with van der Waals surface area (Å²) in [4.78, 5) is 12.3. The second-order valence-electron chi connectivity index (χ2n) is 5.44. The second kappa shape index (κ2) is 5.80. The number of carbonyl (C=O) groups excluding carboxylic acids is 1. The van der Waals surface area contributed by atoms with Crippen molar-refractivity contribution in [3.05, 3.63) is 16.4 Å². The number of hydrogen-bond acceptors (Lipinski definition) is 2. The monoisotopic (exact) mass is 304 g/mol. The van der Waals surface area contributed by atoms with Crippen molar-refractivity contribution in [2.45, 2.75) is 58.4 Å². The van der Waals surface area contributed by atoms with Crippen molar-refractivity contribution < 1.29 is 13.6 Å². The van der Waals surface area contributed by atoms with Crippen LogP contribution in [-0.2, 0) is 17.8 Å². The Morgan fingerprint density at radius 2 is 2.05 bits per heavy atom. The maximum atomic E-state index is 13.1. The van der Waals surface area contributed by atoms with E-state index >= 15 is 0 Å². The molecule has 0 aliphatic heterocycles. The van der Waals surface area contributed by atoms with Gasteiger partial charge < -0.3 is 0 Å². The molecule has 1 aliphatic carbocycles. The number of nitrogens with zero attached hydrogens (tertiary/aromatic N) is 2. The molecule has 1 aliphatic rings. The van der Waals surface area contributed by atoms with E-state index in [0.717, 1.165) is 0 Å². The van der Waals surface area contributed by atoms with E-state index in [1.165, 1.54) is 0 Å². The van der Waals surface area contributed by atoms with E-state index in [-0.39, 0.29) is 43.8 Å². The fourth-order valence-electron chi connectivity index (χ4n) is 2.71. The number of alkyl halides is 2. The topological polar surface area (TPSA) is 34.9 Å². The Bertz CT molecular complexity index is 504. The average Bonchev–Trinajstić information content (AvgIpc) is 2.66. The first kappa shape index (κ1) is 15.4. The van der Waals surface area contributed by atoms with Crippen LogP contribution in [0.15, 0.2) is 0 Å². The molecule has 112 valence electrons. The number of aryl methyl sites for hydroxylation is 2. The summed E-state index contributed by atoms with van der Waals surface area (Å²) >= 11 is 6.17. The Labute approximate surface area is 122 Å². The van der Waals surface area contributed by atoms with Gasteiger partial charge in [-0.05, 0) is 26.7 Å². The Hall–Kier alpha value is -0.970. The Balaban J connectivity index is 2.05. The van der Waals surface area contributed by atoms with Crippen molar-refractivity contribution in [3.8, 4) is 0 Å². The fraction of sp³-hybridized carbons (Fsp3) is 0.714. The van der Waals surface area contributed by atoms with Crippen molar-refractivity contribution in [1.82, 2.24) is 9.78 Å². The maximum Gasteiger partial charge on any atom is 0.248 e. The Morgan fingerprint density at radius 3 is 2.60 bits per heavy atom. The van der Waals surface area contributed by atoms with Gasteiger partial charge in [-0.2, -0.15) is 5.10 Å². The minimum Gasteiger partial charge on any atom is -0.299 e. The van der Waals surface area contributed by atoms with Gasteiger partial charge >= 0.3 is 0 Å². The van der Waals surface area contributed by atoms with Gasteiger partial charge in [0.2, 0.25) is 5.92 Å². The number of aromatic nitrogens is 2. The van der Waals surface area contributed by atoms with Crippen molar-refractivity contribution in [3.63, 3.8) is 0 Å². The first-order valence-corrected chi connectivity index (χ1v) is 7.34. The molecule has 0 N–H and O–H groups in total. The van der Waals surface area contributed by atoms with E-state index in [2.05, 4.69) is 5.10 Å². The predicted molar refractivity (Wildman–Crippen MR) is 73.3 cm³/mol. The quantitative estimate of drug-likeness (QED) is 0.848. The molecule has 0 spiro atoms. The van der Waals surface area contributed by atoms with E-state index in [1.54, 1.807) is 11.6 Å². The van der Waals surface area contributed by atoms with Gasteiger partial charge in [0.15, 0.2) is 0 Å². The predicted octanol–water partition coefficient (Wildman–Crippen LogP) is 3.80. The highest BCUT2D eigenvalue weighted by Gasteiger charge is 2.37. The van der Waals surface area contributed by atoms with Crippen LogP contribution in [0.5, 0.6) is 0 Å². The Morgan fingerprint density at radius 1 is 1.45 bits per heavy atom. The third-order valence-corrected chi connectivity index (χ3v) is 4.46. The van der Waals surface area contributed by atoms with Crippen LogP contribution in [-0.4, -0.2) is 21.5 Å². The lowest BCUT2D eigenvalue weighted by atomic mass is 9.83. The molecular formula is C14H19ClF2N2O. The molecule has 1 heterocycles. The molecule has 0 radical (unpaired) electrons. The van der Waals surface area contributed by atoms with Crippen LogP contribution in [0.2, 0.25) is 5.02 Å². The molecule has 20 heavy (non-hydrogen) atoms. The average molecular weight is 305 g/mol. The maximum absolute atomic E-state index is 13.1. The molecule has 0 atom stereocenters. The zero-order valence-electron chi connectivity index (χ0n) is 11.8. The van der Waals surface area contributed by atoms with Crippen LogP contribution in [0.1, 0.15) is 44.0 Å². The summed E-state index contributed by atoms with van der Waals surface area (Å²) in [5.74, 6) is -2.88. The molecule has 0 saturated heterocycles. The van der Waals surface area contributed by atoms with Gasteiger partial charge in [-0.25, -0.2) is 8.78 Å². The van der Waals surface area contributed by atoms with Gasteiger partial charge in [0, 0.05) is 25.3 Å². The van der Waals surface area contributed by atoms with Crippen molar-refractivity contribution in [2.75, 3.05) is 0 Å². The SMILES string of the molecule is CCn1nc(C)c(Cl)c1CC(=O)C1CCC(F)(F)CC1. The van der Waals surface area contributed by atoms with Crippen LogP contribution >= 0.6 is 11.6 Å². The fourth-order valence-corrected chi connectivity index (χ4v) is 2.91. The van der Waals surface area contributed by atoms with Crippen molar-refractivity contribution >= 4 is 17.4 Å². The lowest BCUT2D eigenvalue weighted by molar-refractivity contribution is -0.126. The van der Waals surface area contributed by atoms with Gasteiger partial charge in [0.25, 0.3) is 0 Å². The Kier molecular flexibility index (Phi) is 4.47. The minimum absolute atomic E-state index is 0.00278. The summed E-state index contributed by atoms with van der Waals surface area (Å²) in [6, 6.07) is 0. The highest BCUT2D eigenvalue weighted by Crippen LogP contribution is 2.37. The van der Waals surface area contributed by atoms with E-state index in [4.69, 9.17) is 11.6 Å². The van der Waals surface area contributed by atoms with Crippen LogP contribution in [0.3, 0.4) is 0 Å². The summed E-state index contributed by atoms with van der Waals surface area (Å²) in [6.07, 6.45) is 0.335. The van der Waals surface area contributed by atoms with E-state index < -0.39 is 5.92 Å². The summed E-state index contributed by atoms with van der Waals surface area (Å²) < 4.78 is 27.9. The van der Waals surface area contributed by atoms with Crippen molar-refractivity contribution in [2.24, 2.45) is 5.92 Å². The largest absolute Gasteiger partial charge is 0.299 e. The van der Waals surface area contributed by atoms with Crippen molar-refractivity contribution in [1.29, 1.82) is 0 Å². The van der Waals surface area contributed by atoms with Crippen LogP contribution in [0.25, 0.3) is 0 Å². The smallest absolute Gasteiger partial charge is 0.248 e. The molecule has 1 saturated carbocycles. The number of carbonyl (C=O) groups is 1. The number of Topliss-reactive ketones (excluding diaryl/α,β-unsaturated/α-hetero) is 1. The molecule has 0 unspecified atom stereocenters. The molecule has 6 heteroatoms. The molecule has 1 aromatic heterocycles. The zero-order chi connectivity index (χ0) is 14.9. The van der Waals surface area contributed by atoms with Crippen LogP contribution < -0.4 is 0 Å². The number of ketones is 1. The molecule has 1 fully saturated rings. The van der Waals surface area contributed by atoms with Gasteiger partial charge in [-0.15, -0.1) is 0 Å². The first-order valence-electron chi connectivity index (χ1n) is 6.96. The molecule has 0 amide bonds. The number of rotatable bonds is 4. The molecule has 3 nitrogen and oxygen atoms in total. The normalized spacial score (nSPS) is 19.2. The second-order valence-corrected chi connectivity index (χ2v) is 5.81. The highest BCUT2D eigenvalue weighted by molar-refractivity contribution is 6.32. The molecule has 1 aromatic rings. The molecule has 0 bridgehead atoms. The standard InChI is InChI=1S/C14H19ClF2N2O/c1-3-19-11(13(15)9(2)18-19)8-12(20)10-4-6-14(16,17)7-5-10/h10H,3-8H2,1-2H3. The van der Waals surface area contributed by atoms with Crippen LogP contribution in [0.4, 0.5) is 8.78 Å². The molecule has 0 aromatic carbocycles. The third kappa shape index (κ3) is 3.19. The summed E-state index contributed by atoms with van der Waals surface area (Å²) in [5.41, 5.74) is 1.40. The van der Waals surface area contributed by atoms with Gasteiger partial charge in [0.05, 0.1) is 22.8 Å². The van der Waals surface area contributed by atoms with Gasteiger partial charge in [-0.3, -0.25) is 9.48 Å². The zero-order valence-corrected chi connectivity index (χ0v) is 12.5. The lowest BCUT2D eigenvalue weighted by Gasteiger charge is -2.27. The molecular weight excluding hydrogens is 286 g/mol. The van der Waals surface area contributed by atoms with Gasteiger partial charge in [0.1, 0.15) is 5.78 Å².